The first-order chi connectivity index (χ1) is 10.5. The minimum Gasteiger partial charge on any atom is -0.480 e. The van der Waals surface area contributed by atoms with Crippen molar-refractivity contribution in [3.8, 4) is 0 Å². The molecule has 0 radical (unpaired) electrons. The van der Waals surface area contributed by atoms with Gasteiger partial charge in [-0.05, 0) is 18.6 Å². The van der Waals surface area contributed by atoms with Gasteiger partial charge < -0.3 is 19.7 Å². The smallest absolute Gasteiger partial charge is 0.326 e. The fourth-order valence-electron chi connectivity index (χ4n) is 2.53. The van der Waals surface area contributed by atoms with Crippen molar-refractivity contribution in [3.63, 3.8) is 0 Å². The van der Waals surface area contributed by atoms with Gasteiger partial charge in [0.1, 0.15) is 11.8 Å². The van der Waals surface area contributed by atoms with Gasteiger partial charge in [-0.25, -0.2) is 4.79 Å². The largest absolute Gasteiger partial charge is 0.480 e. The Balaban J connectivity index is 1.91. The molecule has 0 aromatic carbocycles. The van der Waals surface area contributed by atoms with Gasteiger partial charge in [0.05, 0.1) is 18.7 Å². The van der Waals surface area contributed by atoms with E-state index in [0.717, 1.165) is 0 Å². The summed E-state index contributed by atoms with van der Waals surface area (Å²) < 4.78 is 5.20. The van der Waals surface area contributed by atoms with Crippen molar-refractivity contribution in [1.82, 2.24) is 10.2 Å². The lowest BCUT2D eigenvalue weighted by Gasteiger charge is -2.17. The van der Waals surface area contributed by atoms with Crippen LogP contribution in [0.1, 0.15) is 31.9 Å². The Kier molecular flexibility index (Phi) is 5.19. The number of furan rings is 1. The average Bonchev–Trinajstić information content (AvgIpc) is 3.09. The highest BCUT2D eigenvalue weighted by Crippen LogP contribution is 2.21. The molecule has 2 rings (SSSR count). The highest BCUT2D eigenvalue weighted by molar-refractivity contribution is 5.91. The number of carboxylic acid groups (broad SMARTS) is 1. The fourth-order valence-corrected chi connectivity index (χ4v) is 2.53. The molecule has 2 N–H and O–H groups in total. The summed E-state index contributed by atoms with van der Waals surface area (Å²) in [7, 11) is 0. The summed E-state index contributed by atoms with van der Waals surface area (Å²) in [4.78, 5) is 36.7. The minimum atomic E-state index is -1.05. The summed E-state index contributed by atoms with van der Waals surface area (Å²) in [6.45, 7) is 2.46. The fraction of sp³-hybridized carbons (Fsp3) is 0.533. The normalized spacial score (nSPS) is 19.2. The van der Waals surface area contributed by atoms with Gasteiger partial charge in [-0.15, -0.1) is 0 Å². The summed E-state index contributed by atoms with van der Waals surface area (Å²) >= 11 is 0. The Labute approximate surface area is 128 Å². The van der Waals surface area contributed by atoms with E-state index >= 15 is 0 Å². The molecule has 1 aliphatic heterocycles. The first-order valence-corrected chi connectivity index (χ1v) is 7.34. The molecular weight excluding hydrogens is 288 g/mol. The second-order valence-electron chi connectivity index (χ2n) is 5.44. The van der Waals surface area contributed by atoms with Crippen molar-refractivity contribution < 1.29 is 23.9 Å². The molecular formula is C15H20N2O5. The predicted octanol–water partition coefficient (Wildman–Crippen LogP) is 0.998. The number of carbonyl (C=O) groups excluding carboxylic acids is 2. The van der Waals surface area contributed by atoms with E-state index in [1.54, 1.807) is 17.0 Å². The van der Waals surface area contributed by atoms with E-state index in [4.69, 9.17) is 9.52 Å². The van der Waals surface area contributed by atoms with E-state index in [1.165, 1.54) is 6.26 Å². The zero-order chi connectivity index (χ0) is 16.1. The number of carboxylic acids is 1. The second kappa shape index (κ2) is 7.11. The van der Waals surface area contributed by atoms with Crippen LogP contribution in [0.25, 0.3) is 0 Å². The number of likely N-dealkylation sites (tertiary alicyclic amines) is 1. The molecule has 0 saturated carbocycles. The molecule has 7 nitrogen and oxygen atoms in total. The summed E-state index contributed by atoms with van der Waals surface area (Å²) in [6.07, 6.45) is 2.66. The topological polar surface area (TPSA) is 99.9 Å². The first-order valence-electron chi connectivity index (χ1n) is 7.34. The van der Waals surface area contributed by atoms with Crippen LogP contribution in [0.4, 0.5) is 0 Å². The standard InChI is InChI=1S/C15H20N2O5/c1-2-4-12(15(20)21)16-14(19)10-7-13(18)17(8-10)9-11-5-3-6-22-11/h3,5-6,10,12H,2,4,7-9H2,1H3,(H,16,19)(H,20,21). The number of nitrogens with one attached hydrogen (secondary N) is 1. The van der Waals surface area contributed by atoms with Crippen molar-refractivity contribution >= 4 is 17.8 Å². The third kappa shape index (κ3) is 3.87. The highest BCUT2D eigenvalue weighted by atomic mass is 16.4. The molecule has 1 aromatic rings. The number of nitrogens with zero attached hydrogens (tertiary/aromatic N) is 1. The van der Waals surface area contributed by atoms with Crippen LogP contribution in [-0.4, -0.2) is 40.4 Å². The zero-order valence-corrected chi connectivity index (χ0v) is 12.4. The van der Waals surface area contributed by atoms with Crippen LogP contribution in [0.15, 0.2) is 22.8 Å². The molecule has 2 unspecified atom stereocenters. The monoisotopic (exact) mass is 308 g/mol. The van der Waals surface area contributed by atoms with Gasteiger partial charge in [0, 0.05) is 13.0 Å². The highest BCUT2D eigenvalue weighted by Gasteiger charge is 2.35. The summed E-state index contributed by atoms with van der Waals surface area (Å²) in [5.41, 5.74) is 0. The molecule has 2 atom stereocenters. The number of amides is 2. The van der Waals surface area contributed by atoms with E-state index in [1.807, 2.05) is 6.92 Å². The van der Waals surface area contributed by atoms with Crippen LogP contribution in [0.2, 0.25) is 0 Å². The third-order valence-corrected chi connectivity index (χ3v) is 3.70. The van der Waals surface area contributed by atoms with E-state index in [2.05, 4.69) is 5.32 Å². The van der Waals surface area contributed by atoms with Gasteiger partial charge in [0.25, 0.3) is 0 Å². The maximum atomic E-state index is 12.2. The Bertz CT molecular complexity index is 540. The van der Waals surface area contributed by atoms with Gasteiger partial charge >= 0.3 is 5.97 Å². The van der Waals surface area contributed by atoms with E-state index in [-0.39, 0.29) is 24.8 Å². The second-order valence-corrected chi connectivity index (χ2v) is 5.44. The zero-order valence-electron chi connectivity index (χ0n) is 12.4. The molecule has 1 fully saturated rings. The summed E-state index contributed by atoms with van der Waals surface area (Å²) in [5.74, 6) is -1.41. The van der Waals surface area contributed by atoms with Gasteiger partial charge in [0.15, 0.2) is 0 Å². The Hall–Kier alpha value is -2.31. The van der Waals surface area contributed by atoms with Crippen molar-refractivity contribution in [2.24, 2.45) is 5.92 Å². The van der Waals surface area contributed by atoms with Crippen molar-refractivity contribution in [2.75, 3.05) is 6.54 Å². The van der Waals surface area contributed by atoms with Crippen LogP contribution >= 0.6 is 0 Å². The average molecular weight is 308 g/mol. The first kappa shape index (κ1) is 16.1. The Morgan fingerprint density at radius 2 is 2.32 bits per heavy atom. The molecule has 1 aromatic heterocycles. The van der Waals surface area contributed by atoms with Crippen LogP contribution in [-0.2, 0) is 20.9 Å². The third-order valence-electron chi connectivity index (χ3n) is 3.70. The van der Waals surface area contributed by atoms with Gasteiger partial charge in [0.2, 0.25) is 11.8 Å². The quantitative estimate of drug-likeness (QED) is 0.782. The molecule has 0 bridgehead atoms. The lowest BCUT2D eigenvalue weighted by atomic mass is 10.1. The Morgan fingerprint density at radius 1 is 1.55 bits per heavy atom. The summed E-state index contributed by atoms with van der Waals surface area (Å²) in [6, 6.07) is 2.61. The van der Waals surface area contributed by atoms with Crippen LogP contribution in [0.5, 0.6) is 0 Å². The molecule has 120 valence electrons. The van der Waals surface area contributed by atoms with Gasteiger partial charge in [-0.2, -0.15) is 0 Å². The number of carbonyl (C=O) groups is 3. The molecule has 22 heavy (non-hydrogen) atoms. The summed E-state index contributed by atoms with van der Waals surface area (Å²) in [5, 5.41) is 11.6. The molecule has 0 aliphatic carbocycles. The number of aliphatic carboxylic acids is 1. The number of rotatable bonds is 7. The molecule has 1 saturated heterocycles. The lowest BCUT2D eigenvalue weighted by Crippen LogP contribution is -2.44. The van der Waals surface area contributed by atoms with Crippen LogP contribution in [0.3, 0.4) is 0 Å². The maximum absolute atomic E-state index is 12.2. The van der Waals surface area contributed by atoms with Gasteiger partial charge in [-0.1, -0.05) is 13.3 Å². The van der Waals surface area contributed by atoms with E-state index in [9.17, 15) is 14.4 Å². The lowest BCUT2D eigenvalue weighted by molar-refractivity contribution is -0.142. The Morgan fingerprint density at radius 3 is 2.91 bits per heavy atom. The van der Waals surface area contributed by atoms with E-state index in [0.29, 0.717) is 25.1 Å². The molecule has 0 spiro atoms. The van der Waals surface area contributed by atoms with Crippen LogP contribution in [0, 0.1) is 5.92 Å². The van der Waals surface area contributed by atoms with Crippen molar-refractivity contribution in [3.05, 3.63) is 24.2 Å². The molecule has 7 heteroatoms. The number of hydrogen-bond donors (Lipinski definition) is 2. The van der Waals surface area contributed by atoms with Crippen LogP contribution < -0.4 is 5.32 Å². The SMILES string of the molecule is CCCC(NC(=O)C1CC(=O)N(Cc2ccco2)C1)C(=O)O. The number of hydrogen-bond acceptors (Lipinski definition) is 4. The maximum Gasteiger partial charge on any atom is 0.326 e. The van der Waals surface area contributed by atoms with Gasteiger partial charge in [-0.3, -0.25) is 9.59 Å². The van der Waals surface area contributed by atoms with Crippen molar-refractivity contribution in [2.45, 2.75) is 38.8 Å². The molecule has 1 aliphatic rings. The minimum absolute atomic E-state index is 0.102. The molecule has 2 heterocycles. The van der Waals surface area contributed by atoms with E-state index < -0.39 is 17.9 Å². The molecule has 2 amide bonds. The van der Waals surface area contributed by atoms with Crippen molar-refractivity contribution in [1.29, 1.82) is 0 Å². The predicted molar refractivity (Wildman–Crippen MR) is 76.7 cm³/mol.